The van der Waals surface area contributed by atoms with E-state index >= 15 is 0 Å². The van der Waals surface area contributed by atoms with Crippen LogP contribution in [-0.4, -0.2) is 17.6 Å². The molecule has 0 radical (unpaired) electrons. The minimum absolute atomic E-state index is 0.0600. The van der Waals surface area contributed by atoms with Crippen molar-refractivity contribution in [3.8, 4) is 0 Å². The van der Waals surface area contributed by atoms with Crippen molar-refractivity contribution in [3.05, 3.63) is 46.2 Å². The number of carbonyl (C=O) groups excluding carboxylic acids is 1. The highest BCUT2D eigenvalue weighted by atomic mass is 16.5. The Kier molecular flexibility index (Phi) is 3.77. The van der Waals surface area contributed by atoms with Crippen LogP contribution in [0.1, 0.15) is 30.1 Å². The molecule has 0 unspecified atom stereocenters. The first-order valence-corrected chi connectivity index (χ1v) is 6.01. The summed E-state index contributed by atoms with van der Waals surface area (Å²) in [4.78, 5) is 26.8. The number of aromatic amines is 1. The van der Waals surface area contributed by atoms with Crippen LogP contribution in [-0.2, 0) is 4.74 Å². The lowest BCUT2D eigenvalue weighted by atomic mass is 10.1. The fourth-order valence-electron chi connectivity index (χ4n) is 1.71. The molecule has 2 aromatic rings. The number of esters is 1. The number of H-pyrrole nitrogens is 1. The zero-order valence-electron chi connectivity index (χ0n) is 10.2. The van der Waals surface area contributed by atoms with E-state index in [2.05, 4.69) is 4.98 Å². The summed E-state index contributed by atoms with van der Waals surface area (Å²) in [7, 11) is 0. The molecule has 94 valence electrons. The second kappa shape index (κ2) is 5.49. The molecule has 0 fully saturated rings. The number of ether oxygens (including phenoxy) is 1. The molecule has 0 aliphatic rings. The zero-order chi connectivity index (χ0) is 13.0. The van der Waals surface area contributed by atoms with Gasteiger partial charge in [-0.25, -0.2) is 4.79 Å². The monoisotopic (exact) mass is 245 g/mol. The van der Waals surface area contributed by atoms with Gasteiger partial charge in [-0.05, 0) is 18.6 Å². The van der Waals surface area contributed by atoms with Crippen LogP contribution in [0, 0.1) is 0 Å². The predicted octanol–water partition coefficient (Wildman–Crippen LogP) is 2.49. The summed E-state index contributed by atoms with van der Waals surface area (Å²) >= 11 is 0. The molecule has 1 aromatic heterocycles. The highest BCUT2D eigenvalue weighted by molar-refractivity contribution is 5.93. The number of benzene rings is 1. The summed E-state index contributed by atoms with van der Waals surface area (Å²) < 4.78 is 5.04. The number of pyridine rings is 1. The third-order valence-electron chi connectivity index (χ3n) is 2.74. The SMILES string of the molecule is CCCCOC(=O)c1c[nH]c2ccccc2c1=O. The van der Waals surface area contributed by atoms with E-state index in [0.717, 1.165) is 12.8 Å². The van der Waals surface area contributed by atoms with E-state index in [-0.39, 0.29) is 11.0 Å². The summed E-state index contributed by atoms with van der Waals surface area (Å²) in [6, 6.07) is 7.08. The first kappa shape index (κ1) is 12.4. The highest BCUT2D eigenvalue weighted by Gasteiger charge is 2.13. The summed E-state index contributed by atoms with van der Waals surface area (Å²) in [5, 5.41) is 0.502. The number of aromatic nitrogens is 1. The van der Waals surface area contributed by atoms with Gasteiger partial charge in [-0.15, -0.1) is 0 Å². The minimum atomic E-state index is -0.560. The zero-order valence-corrected chi connectivity index (χ0v) is 10.2. The number of unbranched alkanes of at least 4 members (excludes halogenated alkanes) is 1. The van der Waals surface area contributed by atoms with Gasteiger partial charge < -0.3 is 9.72 Å². The van der Waals surface area contributed by atoms with Gasteiger partial charge in [0.15, 0.2) is 0 Å². The van der Waals surface area contributed by atoms with Gasteiger partial charge in [0.25, 0.3) is 0 Å². The molecule has 1 aromatic carbocycles. The normalized spacial score (nSPS) is 10.5. The van der Waals surface area contributed by atoms with Crippen LogP contribution in [0.15, 0.2) is 35.3 Å². The van der Waals surface area contributed by atoms with Crippen LogP contribution in [0.4, 0.5) is 0 Å². The van der Waals surface area contributed by atoms with Gasteiger partial charge in [0.1, 0.15) is 5.56 Å². The number of hydrogen-bond donors (Lipinski definition) is 1. The Balaban J connectivity index is 2.31. The van der Waals surface area contributed by atoms with Gasteiger partial charge >= 0.3 is 5.97 Å². The first-order chi connectivity index (χ1) is 8.74. The molecule has 2 rings (SSSR count). The molecular weight excluding hydrogens is 230 g/mol. The molecule has 0 spiro atoms. The standard InChI is InChI=1S/C14H15NO3/c1-2-3-8-18-14(17)11-9-15-12-7-5-4-6-10(12)13(11)16/h4-7,9H,2-3,8H2,1H3,(H,15,16). The van der Waals surface area contributed by atoms with Gasteiger partial charge in [-0.2, -0.15) is 0 Å². The number of nitrogens with one attached hydrogen (secondary N) is 1. The van der Waals surface area contributed by atoms with Crippen LogP contribution in [0.5, 0.6) is 0 Å². The van der Waals surface area contributed by atoms with E-state index in [0.29, 0.717) is 17.5 Å². The molecule has 1 N–H and O–H groups in total. The van der Waals surface area contributed by atoms with Gasteiger partial charge in [0, 0.05) is 17.1 Å². The number of rotatable bonds is 4. The van der Waals surface area contributed by atoms with Gasteiger partial charge in [-0.3, -0.25) is 4.79 Å². The second-order valence-corrected chi connectivity index (χ2v) is 4.07. The fourth-order valence-corrected chi connectivity index (χ4v) is 1.71. The van der Waals surface area contributed by atoms with E-state index in [9.17, 15) is 9.59 Å². The molecule has 4 heteroatoms. The molecule has 0 saturated heterocycles. The minimum Gasteiger partial charge on any atom is -0.462 e. The Morgan fingerprint density at radius 2 is 2.11 bits per heavy atom. The van der Waals surface area contributed by atoms with Crippen molar-refractivity contribution >= 4 is 16.9 Å². The van der Waals surface area contributed by atoms with E-state index in [1.807, 2.05) is 13.0 Å². The molecule has 0 aliphatic heterocycles. The first-order valence-electron chi connectivity index (χ1n) is 6.01. The van der Waals surface area contributed by atoms with Crippen molar-refractivity contribution in [3.63, 3.8) is 0 Å². The summed E-state index contributed by atoms with van der Waals surface area (Å²) in [6.07, 6.45) is 3.16. The smallest absolute Gasteiger partial charge is 0.343 e. The van der Waals surface area contributed by atoms with Crippen molar-refractivity contribution in [1.29, 1.82) is 0 Å². The lowest BCUT2D eigenvalue weighted by Gasteiger charge is -2.04. The largest absolute Gasteiger partial charge is 0.462 e. The number of para-hydroxylation sites is 1. The molecular formula is C14H15NO3. The topological polar surface area (TPSA) is 59.2 Å². The maximum absolute atomic E-state index is 12.1. The van der Waals surface area contributed by atoms with Gasteiger partial charge in [0.05, 0.1) is 6.61 Å². The lowest BCUT2D eigenvalue weighted by molar-refractivity contribution is 0.0498. The van der Waals surface area contributed by atoms with Crippen LogP contribution in [0.2, 0.25) is 0 Å². The molecule has 0 aliphatic carbocycles. The quantitative estimate of drug-likeness (QED) is 0.665. The van der Waals surface area contributed by atoms with Gasteiger partial charge in [0.2, 0.25) is 5.43 Å². The number of carbonyl (C=O) groups is 1. The average molecular weight is 245 g/mol. The molecule has 1 heterocycles. The Labute approximate surface area is 105 Å². The van der Waals surface area contributed by atoms with Crippen LogP contribution in [0.25, 0.3) is 10.9 Å². The third kappa shape index (κ3) is 2.42. The summed E-state index contributed by atoms with van der Waals surface area (Å²) in [6.45, 7) is 2.36. The predicted molar refractivity (Wildman–Crippen MR) is 69.8 cm³/mol. The van der Waals surface area contributed by atoms with Crippen LogP contribution < -0.4 is 5.43 Å². The molecule has 18 heavy (non-hydrogen) atoms. The van der Waals surface area contributed by atoms with E-state index in [1.54, 1.807) is 18.2 Å². The molecule has 4 nitrogen and oxygen atoms in total. The third-order valence-corrected chi connectivity index (χ3v) is 2.74. The molecule has 0 amide bonds. The number of fused-ring (bicyclic) bond motifs is 1. The van der Waals surface area contributed by atoms with Crippen molar-refractivity contribution in [2.75, 3.05) is 6.61 Å². The molecule has 0 atom stereocenters. The van der Waals surface area contributed by atoms with Crippen LogP contribution in [0.3, 0.4) is 0 Å². The maximum Gasteiger partial charge on any atom is 0.343 e. The Bertz CT molecular complexity index is 616. The molecule has 0 saturated carbocycles. The summed E-state index contributed by atoms with van der Waals surface area (Å²) in [5.41, 5.74) is 0.489. The Morgan fingerprint density at radius 1 is 1.33 bits per heavy atom. The van der Waals surface area contributed by atoms with Crippen molar-refractivity contribution < 1.29 is 9.53 Å². The molecule has 0 bridgehead atoms. The Hall–Kier alpha value is -2.10. The summed E-state index contributed by atoms with van der Waals surface area (Å²) in [5.74, 6) is -0.560. The van der Waals surface area contributed by atoms with Crippen LogP contribution >= 0.6 is 0 Å². The van der Waals surface area contributed by atoms with E-state index < -0.39 is 5.97 Å². The highest BCUT2D eigenvalue weighted by Crippen LogP contribution is 2.07. The van der Waals surface area contributed by atoms with Gasteiger partial charge in [-0.1, -0.05) is 25.5 Å². The van der Waals surface area contributed by atoms with Crippen molar-refractivity contribution in [2.24, 2.45) is 0 Å². The second-order valence-electron chi connectivity index (χ2n) is 4.07. The average Bonchev–Trinajstić information content (AvgIpc) is 2.39. The van der Waals surface area contributed by atoms with Crippen molar-refractivity contribution in [2.45, 2.75) is 19.8 Å². The number of hydrogen-bond acceptors (Lipinski definition) is 3. The van der Waals surface area contributed by atoms with E-state index in [1.165, 1.54) is 6.20 Å². The maximum atomic E-state index is 12.1. The lowest BCUT2D eigenvalue weighted by Crippen LogP contribution is -2.18. The van der Waals surface area contributed by atoms with E-state index in [4.69, 9.17) is 4.74 Å². The fraction of sp³-hybridized carbons (Fsp3) is 0.286. The van der Waals surface area contributed by atoms with Crippen molar-refractivity contribution in [1.82, 2.24) is 4.98 Å². The Morgan fingerprint density at radius 3 is 2.89 bits per heavy atom.